The SMILES string of the molecule is CN(Cc1ccco1)C(=O)C(=O)Nc1cccc(I)c1. The smallest absolute Gasteiger partial charge is 0.313 e. The van der Waals surface area contributed by atoms with Gasteiger partial charge in [-0.05, 0) is 52.9 Å². The normalized spacial score (nSPS) is 10.1. The molecule has 1 N–H and O–H groups in total. The molecular weight excluding hydrogens is 371 g/mol. The van der Waals surface area contributed by atoms with Gasteiger partial charge >= 0.3 is 11.8 Å². The van der Waals surface area contributed by atoms with Crippen molar-refractivity contribution in [1.82, 2.24) is 4.90 Å². The van der Waals surface area contributed by atoms with Crippen LogP contribution in [0.4, 0.5) is 5.69 Å². The highest BCUT2D eigenvalue weighted by molar-refractivity contribution is 14.1. The first kappa shape index (κ1) is 14.6. The molecule has 0 fully saturated rings. The average Bonchev–Trinajstić information content (AvgIpc) is 2.90. The van der Waals surface area contributed by atoms with E-state index in [1.54, 1.807) is 31.3 Å². The van der Waals surface area contributed by atoms with Crippen molar-refractivity contribution in [2.75, 3.05) is 12.4 Å². The van der Waals surface area contributed by atoms with Crippen molar-refractivity contribution in [2.45, 2.75) is 6.54 Å². The molecule has 5 nitrogen and oxygen atoms in total. The number of furan rings is 1. The lowest BCUT2D eigenvalue weighted by molar-refractivity contribution is -0.142. The van der Waals surface area contributed by atoms with Gasteiger partial charge in [-0.15, -0.1) is 0 Å². The van der Waals surface area contributed by atoms with Crippen LogP contribution < -0.4 is 5.32 Å². The first-order valence-electron chi connectivity index (χ1n) is 5.90. The number of hydrogen-bond acceptors (Lipinski definition) is 3. The van der Waals surface area contributed by atoms with Gasteiger partial charge in [0.25, 0.3) is 0 Å². The van der Waals surface area contributed by atoms with Crippen LogP contribution in [-0.2, 0) is 16.1 Å². The van der Waals surface area contributed by atoms with E-state index in [2.05, 4.69) is 27.9 Å². The van der Waals surface area contributed by atoms with E-state index < -0.39 is 11.8 Å². The number of carbonyl (C=O) groups is 2. The Balaban J connectivity index is 1.96. The van der Waals surface area contributed by atoms with Gasteiger partial charge in [0.15, 0.2) is 0 Å². The van der Waals surface area contributed by atoms with Crippen molar-refractivity contribution < 1.29 is 14.0 Å². The summed E-state index contributed by atoms with van der Waals surface area (Å²) in [4.78, 5) is 25.1. The predicted octanol–water partition coefficient (Wildman–Crippen LogP) is 2.48. The molecule has 2 aromatic rings. The number of amides is 2. The zero-order chi connectivity index (χ0) is 14.5. The Kier molecular flexibility index (Phi) is 4.78. The second-order valence-electron chi connectivity index (χ2n) is 4.21. The van der Waals surface area contributed by atoms with Gasteiger partial charge in [-0.3, -0.25) is 9.59 Å². The molecule has 0 atom stereocenters. The third-order valence-electron chi connectivity index (χ3n) is 2.60. The number of rotatable bonds is 3. The highest BCUT2D eigenvalue weighted by atomic mass is 127. The molecule has 1 aromatic heterocycles. The number of benzene rings is 1. The van der Waals surface area contributed by atoms with E-state index >= 15 is 0 Å². The van der Waals surface area contributed by atoms with Crippen LogP contribution in [0.1, 0.15) is 5.76 Å². The molecule has 0 aliphatic rings. The van der Waals surface area contributed by atoms with Crippen LogP contribution >= 0.6 is 22.6 Å². The molecule has 0 saturated heterocycles. The van der Waals surface area contributed by atoms with E-state index in [1.807, 2.05) is 12.1 Å². The molecule has 1 heterocycles. The minimum absolute atomic E-state index is 0.256. The van der Waals surface area contributed by atoms with E-state index in [4.69, 9.17) is 4.42 Å². The molecule has 0 saturated carbocycles. The quantitative estimate of drug-likeness (QED) is 0.654. The van der Waals surface area contributed by atoms with Gasteiger partial charge < -0.3 is 14.6 Å². The van der Waals surface area contributed by atoms with Gasteiger partial charge in [0.1, 0.15) is 5.76 Å². The fourth-order valence-electron chi connectivity index (χ4n) is 1.63. The van der Waals surface area contributed by atoms with Crippen LogP contribution in [0.3, 0.4) is 0 Å². The monoisotopic (exact) mass is 384 g/mol. The number of nitrogens with one attached hydrogen (secondary N) is 1. The van der Waals surface area contributed by atoms with Crippen molar-refractivity contribution in [3.8, 4) is 0 Å². The Morgan fingerprint density at radius 1 is 1.30 bits per heavy atom. The van der Waals surface area contributed by atoms with Crippen molar-refractivity contribution in [1.29, 1.82) is 0 Å². The Hall–Kier alpha value is -1.83. The number of anilines is 1. The summed E-state index contributed by atoms with van der Waals surface area (Å²) in [6.07, 6.45) is 1.53. The Labute approximate surface area is 130 Å². The van der Waals surface area contributed by atoms with Crippen LogP contribution in [0.2, 0.25) is 0 Å². The highest BCUT2D eigenvalue weighted by Gasteiger charge is 2.19. The maximum absolute atomic E-state index is 11.9. The molecule has 2 amide bonds. The van der Waals surface area contributed by atoms with Crippen LogP contribution in [-0.4, -0.2) is 23.8 Å². The van der Waals surface area contributed by atoms with Crippen molar-refractivity contribution >= 4 is 40.1 Å². The van der Waals surface area contributed by atoms with Gasteiger partial charge in [0, 0.05) is 16.3 Å². The maximum Gasteiger partial charge on any atom is 0.313 e. The van der Waals surface area contributed by atoms with Crippen LogP contribution in [0.5, 0.6) is 0 Å². The zero-order valence-corrected chi connectivity index (χ0v) is 13.0. The summed E-state index contributed by atoms with van der Waals surface area (Å²) in [6.45, 7) is 0.256. The molecule has 0 unspecified atom stereocenters. The lowest BCUT2D eigenvalue weighted by atomic mass is 10.3. The minimum Gasteiger partial charge on any atom is -0.467 e. The van der Waals surface area contributed by atoms with Crippen molar-refractivity contribution in [3.63, 3.8) is 0 Å². The van der Waals surface area contributed by atoms with E-state index in [0.29, 0.717) is 11.4 Å². The standard InChI is InChI=1S/C14H13IN2O3/c1-17(9-12-6-3-7-20-12)14(19)13(18)16-11-5-2-4-10(15)8-11/h2-8H,9H2,1H3,(H,16,18). The van der Waals surface area contributed by atoms with Crippen LogP contribution in [0.15, 0.2) is 47.1 Å². The summed E-state index contributed by atoms with van der Waals surface area (Å²) in [5, 5.41) is 2.58. The Morgan fingerprint density at radius 2 is 2.10 bits per heavy atom. The molecule has 2 rings (SSSR count). The van der Waals surface area contributed by atoms with E-state index in [-0.39, 0.29) is 6.54 Å². The fraction of sp³-hybridized carbons (Fsp3) is 0.143. The number of nitrogens with zero attached hydrogens (tertiary/aromatic N) is 1. The predicted molar refractivity (Wildman–Crippen MR) is 83.0 cm³/mol. The summed E-state index contributed by atoms with van der Waals surface area (Å²) in [6, 6.07) is 10.7. The Bertz CT molecular complexity index is 611. The fourth-order valence-corrected chi connectivity index (χ4v) is 2.18. The van der Waals surface area contributed by atoms with Gasteiger partial charge in [0.05, 0.1) is 12.8 Å². The molecule has 0 radical (unpaired) electrons. The van der Waals surface area contributed by atoms with Crippen molar-refractivity contribution in [3.05, 3.63) is 52.0 Å². The van der Waals surface area contributed by atoms with Gasteiger partial charge in [-0.25, -0.2) is 0 Å². The van der Waals surface area contributed by atoms with E-state index in [9.17, 15) is 9.59 Å². The third-order valence-corrected chi connectivity index (χ3v) is 3.27. The first-order valence-corrected chi connectivity index (χ1v) is 6.98. The summed E-state index contributed by atoms with van der Waals surface area (Å²) in [5.41, 5.74) is 0.599. The second kappa shape index (κ2) is 6.56. The number of hydrogen-bond donors (Lipinski definition) is 1. The summed E-state index contributed by atoms with van der Waals surface area (Å²) < 4.78 is 6.12. The van der Waals surface area contributed by atoms with Gasteiger partial charge in [-0.2, -0.15) is 0 Å². The minimum atomic E-state index is -0.666. The molecule has 0 aliphatic carbocycles. The molecular formula is C14H13IN2O3. The van der Waals surface area contributed by atoms with E-state index in [1.165, 1.54) is 11.2 Å². The lowest BCUT2D eigenvalue weighted by Gasteiger charge is -2.15. The summed E-state index contributed by atoms with van der Waals surface area (Å²) in [7, 11) is 1.55. The van der Waals surface area contributed by atoms with Gasteiger partial charge in [0.2, 0.25) is 0 Å². The van der Waals surface area contributed by atoms with E-state index in [0.717, 1.165) is 3.57 Å². The first-order chi connectivity index (χ1) is 9.56. The maximum atomic E-state index is 11.9. The molecule has 6 heteroatoms. The third kappa shape index (κ3) is 3.83. The van der Waals surface area contributed by atoms with Crippen LogP contribution in [0, 0.1) is 3.57 Å². The molecule has 0 spiro atoms. The average molecular weight is 384 g/mol. The summed E-state index contributed by atoms with van der Waals surface area (Å²) >= 11 is 2.14. The largest absolute Gasteiger partial charge is 0.467 e. The molecule has 1 aromatic carbocycles. The Morgan fingerprint density at radius 3 is 2.75 bits per heavy atom. The second-order valence-corrected chi connectivity index (χ2v) is 5.45. The molecule has 0 aliphatic heterocycles. The molecule has 20 heavy (non-hydrogen) atoms. The van der Waals surface area contributed by atoms with Crippen molar-refractivity contribution in [2.24, 2.45) is 0 Å². The topological polar surface area (TPSA) is 62.6 Å². The highest BCUT2D eigenvalue weighted by Crippen LogP contribution is 2.12. The van der Waals surface area contributed by atoms with Gasteiger partial charge in [-0.1, -0.05) is 6.07 Å². The number of carbonyl (C=O) groups excluding carboxylic acids is 2. The number of likely N-dealkylation sites (N-methyl/N-ethyl adjacent to an activating group) is 1. The lowest BCUT2D eigenvalue weighted by Crippen LogP contribution is -2.36. The molecule has 0 bridgehead atoms. The molecule has 104 valence electrons. The summed E-state index contributed by atoms with van der Waals surface area (Å²) in [5.74, 6) is -0.649. The zero-order valence-electron chi connectivity index (χ0n) is 10.8. The number of halogens is 1. The van der Waals surface area contributed by atoms with Crippen LogP contribution in [0.25, 0.3) is 0 Å².